The molecule has 0 saturated carbocycles. The number of ether oxygens (including phenoxy) is 1. The number of anilines is 1. The van der Waals surface area contributed by atoms with Crippen LogP contribution in [0.25, 0.3) is 0 Å². The van der Waals surface area contributed by atoms with Gasteiger partial charge in [0.15, 0.2) is 5.11 Å². The molecule has 0 aliphatic carbocycles. The Hall–Kier alpha value is -1.66. The maximum Gasteiger partial charge on any atom is 0.243 e. The number of nitrogens with one attached hydrogen (secondary N) is 1. The molecule has 0 spiro atoms. The van der Waals surface area contributed by atoms with Crippen LogP contribution in [-0.2, 0) is 0 Å². The number of halogens is 1. The minimum atomic E-state index is 0.164. The predicted molar refractivity (Wildman–Crippen MR) is 93.0 cm³/mol. The standard InChI is InChI=1S/C15H16BrN3OS/c1-9(2)11-5-3-4-6-13(11)20-14-12(19-15(17)21)7-10(16)8-18-14/h3-9H,1-2H3,(H3,17,19,21). The van der Waals surface area contributed by atoms with Crippen LogP contribution in [0.15, 0.2) is 41.0 Å². The first-order valence-corrected chi connectivity index (χ1v) is 7.66. The van der Waals surface area contributed by atoms with Crippen LogP contribution in [0.2, 0.25) is 0 Å². The molecule has 6 heteroatoms. The summed E-state index contributed by atoms with van der Waals surface area (Å²) in [4.78, 5) is 4.28. The van der Waals surface area contributed by atoms with Gasteiger partial charge in [-0.2, -0.15) is 0 Å². The number of thiocarbonyl (C=S) groups is 1. The van der Waals surface area contributed by atoms with Gasteiger partial charge in [-0.15, -0.1) is 0 Å². The van der Waals surface area contributed by atoms with E-state index in [0.29, 0.717) is 17.5 Å². The lowest BCUT2D eigenvalue weighted by Gasteiger charge is -2.15. The zero-order valence-electron chi connectivity index (χ0n) is 11.8. The second kappa shape index (κ2) is 6.87. The van der Waals surface area contributed by atoms with Crippen molar-refractivity contribution in [2.24, 2.45) is 5.73 Å². The summed E-state index contributed by atoms with van der Waals surface area (Å²) in [5, 5.41) is 3.04. The van der Waals surface area contributed by atoms with E-state index in [4.69, 9.17) is 22.7 Å². The maximum atomic E-state index is 5.95. The Kier molecular flexibility index (Phi) is 5.14. The first kappa shape index (κ1) is 15.7. The topological polar surface area (TPSA) is 60.2 Å². The number of aromatic nitrogens is 1. The highest BCUT2D eigenvalue weighted by Gasteiger charge is 2.12. The Morgan fingerprint density at radius 2 is 2.10 bits per heavy atom. The van der Waals surface area contributed by atoms with Gasteiger partial charge in [-0.25, -0.2) is 4.98 Å². The molecule has 0 unspecified atom stereocenters. The number of para-hydroxylation sites is 1. The molecule has 4 nitrogen and oxygen atoms in total. The lowest BCUT2D eigenvalue weighted by molar-refractivity contribution is 0.456. The molecule has 3 N–H and O–H groups in total. The normalized spacial score (nSPS) is 10.5. The van der Waals surface area contributed by atoms with Gasteiger partial charge in [0.2, 0.25) is 5.88 Å². The molecule has 0 amide bonds. The first-order valence-electron chi connectivity index (χ1n) is 6.46. The van der Waals surface area contributed by atoms with Crippen molar-refractivity contribution >= 4 is 38.9 Å². The highest BCUT2D eigenvalue weighted by Crippen LogP contribution is 2.33. The van der Waals surface area contributed by atoms with Gasteiger partial charge in [-0.1, -0.05) is 32.0 Å². The summed E-state index contributed by atoms with van der Waals surface area (Å²) in [5.41, 5.74) is 7.27. The van der Waals surface area contributed by atoms with Gasteiger partial charge in [-0.05, 0) is 51.8 Å². The van der Waals surface area contributed by atoms with Gasteiger partial charge in [0.1, 0.15) is 11.4 Å². The van der Waals surface area contributed by atoms with Crippen LogP contribution in [0.1, 0.15) is 25.3 Å². The van der Waals surface area contributed by atoms with Crippen LogP contribution in [0, 0.1) is 0 Å². The lowest BCUT2D eigenvalue weighted by atomic mass is 10.0. The Bertz CT molecular complexity index is 661. The van der Waals surface area contributed by atoms with Crippen molar-refractivity contribution in [3.63, 3.8) is 0 Å². The fourth-order valence-corrected chi connectivity index (χ4v) is 2.33. The van der Waals surface area contributed by atoms with Crippen molar-refractivity contribution in [2.45, 2.75) is 19.8 Å². The Labute approximate surface area is 137 Å². The third kappa shape index (κ3) is 4.15. The summed E-state index contributed by atoms with van der Waals surface area (Å²) in [6.07, 6.45) is 1.66. The molecular weight excluding hydrogens is 350 g/mol. The number of benzene rings is 1. The molecule has 2 rings (SSSR count). The zero-order valence-corrected chi connectivity index (χ0v) is 14.2. The third-order valence-corrected chi connectivity index (χ3v) is 3.36. The molecule has 0 fully saturated rings. The summed E-state index contributed by atoms with van der Waals surface area (Å²) in [5.74, 6) is 1.55. The van der Waals surface area contributed by atoms with Crippen LogP contribution in [0.4, 0.5) is 5.69 Å². The first-order chi connectivity index (χ1) is 9.97. The second-order valence-corrected chi connectivity index (χ2v) is 6.15. The fraction of sp³-hybridized carbons (Fsp3) is 0.200. The summed E-state index contributed by atoms with van der Waals surface area (Å²) in [6.45, 7) is 4.23. The Morgan fingerprint density at radius 3 is 2.76 bits per heavy atom. The monoisotopic (exact) mass is 365 g/mol. The highest BCUT2D eigenvalue weighted by molar-refractivity contribution is 9.10. The van der Waals surface area contributed by atoms with Crippen molar-refractivity contribution in [2.75, 3.05) is 5.32 Å². The second-order valence-electron chi connectivity index (χ2n) is 4.79. The zero-order chi connectivity index (χ0) is 15.4. The van der Waals surface area contributed by atoms with Crippen LogP contribution in [-0.4, -0.2) is 10.1 Å². The van der Waals surface area contributed by atoms with E-state index < -0.39 is 0 Å². The molecule has 110 valence electrons. The lowest BCUT2D eigenvalue weighted by Crippen LogP contribution is -2.19. The van der Waals surface area contributed by atoms with E-state index in [1.807, 2.05) is 30.3 Å². The van der Waals surface area contributed by atoms with Crippen molar-refractivity contribution < 1.29 is 4.74 Å². The van der Waals surface area contributed by atoms with Crippen molar-refractivity contribution in [1.29, 1.82) is 0 Å². The number of rotatable bonds is 4. The molecule has 1 aromatic carbocycles. The number of hydrogen-bond acceptors (Lipinski definition) is 3. The van der Waals surface area contributed by atoms with E-state index in [0.717, 1.165) is 15.8 Å². The van der Waals surface area contributed by atoms with E-state index in [-0.39, 0.29) is 5.11 Å². The SMILES string of the molecule is CC(C)c1ccccc1Oc1ncc(Br)cc1NC(N)=S. The van der Waals surface area contributed by atoms with Gasteiger partial charge >= 0.3 is 0 Å². The fourth-order valence-electron chi connectivity index (χ4n) is 1.88. The van der Waals surface area contributed by atoms with Gasteiger partial charge in [0.25, 0.3) is 0 Å². The largest absolute Gasteiger partial charge is 0.437 e. The van der Waals surface area contributed by atoms with E-state index in [1.54, 1.807) is 6.20 Å². The summed E-state index contributed by atoms with van der Waals surface area (Å²) in [6, 6.07) is 9.70. The average molecular weight is 366 g/mol. The van der Waals surface area contributed by atoms with Crippen molar-refractivity contribution in [3.05, 3.63) is 46.6 Å². The third-order valence-electron chi connectivity index (χ3n) is 2.82. The van der Waals surface area contributed by atoms with Crippen LogP contribution < -0.4 is 15.8 Å². The smallest absolute Gasteiger partial charge is 0.243 e. The molecule has 0 aliphatic heterocycles. The van der Waals surface area contributed by atoms with E-state index in [1.165, 1.54) is 0 Å². The van der Waals surface area contributed by atoms with Crippen molar-refractivity contribution in [3.8, 4) is 11.6 Å². The van der Waals surface area contributed by atoms with Gasteiger partial charge < -0.3 is 15.8 Å². The Balaban J connectivity index is 2.38. The van der Waals surface area contributed by atoms with Crippen LogP contribution in [0.5, 0.6) is 11.6 Å². The van der Waals surface area contributed by atoms with Gasteiger partial charge in [0.05, 0.1) is 0 Å². The van der Waals surface area contributed by atoms with E-state index in [2.05, 4.69) is 40.1 Å². The van der Waals surface area contributed by atoms with Crippen molar-refractivity contribution in [1.82, 2.24) is 4.98 Å². The maximum absolute atomic E-state index is 5.95. The number of nitrogens with zero attached hydrogens (tertiary/aromatic N) is 1. The number of hydrogen-bond donors (Lipinski definition) is 2. The molecule has 1 heterocycles. The number of pyridine rings is 1. The Morgan fingerprint density at radius 1 is 1.38 bits per heavy atom. The molecular formula is C15H16BrN3OS. The summed E-state index contributed by atoms with van der Waals surface area (Å²) in [7, 11) is 0. The molecule has 0 saturated heterocycles. The number of nitrogens with two attached hydrogens (primary N) is 1. The quantitative estimate of drug-likeness (QED) is 0.785. The minimum absolute atomic E-state index is 0.164. The minimum Gasteiger partial charge on any atom is -0.437 e. The highest BCUT2D eigenvalue weighted by atomic mass is 79.9. The average Bonchev–Trinajstić information content (AvgIpc) is 2.41. The molecule has 2 aromatic rings. The molecule has 0 atom stereocenters. The molecule has 0 radical (unpaired) electrons. The summed E-state index contributed by atoms with van der Waals surface area (Å²) < 4.78 is 6.76. The predicted octanol–water partition coefficient (Wildman–Crippen LogP) is 4.42. The molecule has 21 heavy (non-hydrogen) atoms. The molecule has 1 aromatic heterocycles. The van der Waals surface area contributed by atoms with E-state index >= 15 is 0 Å². The van der Waals surface area contributed by atoms with Gasteiger partial charge in [-0.3, -0.25) is 0 Å². The summed E-state index contributed by atoms with van der Waals surface area (Å²) >= 11 is 8.25. The van der Waals surface area contributed by atoms with Crippen LogP contribution >= 0.6 is 28.1 Å². The molecule has 0 aliphatic rings. The molecule has 0 bridgehead atoms. The van der Waals surface area contributed by atoms with Gasteiger partial charge in [0, 0.05) is 10.7 Å². The van der Waals surface area contributed by atoms with Crippen LogP contribution in [0.3, 0.4) is 0 Å². The van der Waals surface area contributed by atoms with E-state index in [9.17, 15) is 0 Å².